The predicted molar refractivity (Wildman–Crippen MR) is 54.2 cm³/mol. The summed E-state index contributed by atoms with van der Waals surface area (Å²) in [7, 11) is 0. The average Bonchev–Trinajstić information content (AvgIpc) is 2.17. The first-order valence-corrected chi connectivity index (χ1v) is 5.49. The van der Waals surface area contributed by atoms with Crippen LogP contribution in [0.4, 0.5) is 0 Å². The molecule has 2 aliphatic rings. The molecular weight excluding hydrogens is 178 g/mol. The Bertz CT molecular complexity index is 207. The second-order valence-corrected chi connectivity index (χ2v) is 4.66. The van der Waals surface area contributed by atoms with Crippen LogP contribution in [0, 0.1) is 11.8 Å². The molecular formula is C10H19N3O. The van der Waals surface area contributed by atoms with Crippen molar-refractivity contribution < 1.29 is 4.79 Å². The summed E-state index contributed by atoms with van der Waals surface area (Å²) in [5, 5.41) is 0. The van der Waals surface area contributed by atoms with E-state index in [0.717, 1.165) is 24.9 Å². The summed E-state index contributed by atoms with van der Waals surface area (Å²) >= 11 is 0. The molecule has 1 heterocycles. The topological polar surface area (TPSA) is 58.4 Å². The number of nitrogens with two attached hydrogens (primary N) is 1. The van der Waals surface area contributed by atoms with Crippen LogP contribution in [-0.4, -0.2) is 30.4 Å². The van der Waals surface area contributed by atoms with Crippen LogP contribution in [0.3, 0.4) is 0 Å². The summed E-state index contributed by atoms with van der Waals surface area (Å²) in [5.74, 6) is 6.67. The molecule has 2 atom stereocenters. The van der Waals surface area contributed by atoms with E-state index >= 15 is 0 Å². The number of amides is 1. The Labute approximate surface area is 84.8 Å². The fourth-order valence-electron chi connectivity index (χ4n) is 2.92. The Balaban J connectivity index is 1.86. The molecule has 0 aromatic carbocycles. The molecule has 0 aromatic heterocycles. The lowest BCUT2D eigenvalue weighted by molar-refractivity contribution is -0.123. The largest absolute Gasteiger partial charge is 0.294 e. The molecule has 1 aliphatic heterocycles. The molecule has 14 heavy (non-hydrogen) atoms. The molecule has 1 amide bonds. The zero-order valence-corrected chi connectivity index (χ0v) is 8.54. The van der Waals surface area contributed by atoms with E-state index in [-0.39, 0.29) is 5.91 Å². The van der Waals surface area contributed by atoms with Crippen LogP contribution >= 0.6 is 0 Å². The fraction of sp³-hybridized carbons (Fsp3) is 0.900. The van der Waals surface area contributed by atoms with E-state index < -0.39 is 0 Å². The number of hydrogen-bond acceptors (Lipinski definition) is 3. The molecule has 4 heteroatoms. The lowest BCUT2D eigenvalue weighted by Gasteiger charge is -2.40. The van der Waals surface area contributed by atoms with Crippen LogP contribution in [0.25, 0.3) is 0 Å². The van der Waals surface area contributed by atoms with Crippen LogP contribution in [0.2, 0.25) is 0 Å². The van der Waals surface area contributed by atoms with Gasteiger partial charge in [-0.15, -0.1) is 0 Å². The molecule has 3 N–H and O–H groups in total. The van der Waals surface area contributed by atoms with Gasteiger partial charge in [-0.25, -0.2) is 5.84 Å². The van der Waals surface area contributed by atoms with Gasteiger partial charge in [0.25, 0.3) is 0 Å². The minimum Gasteiger partial charge on any atom is -0.294 e. The van der Waals surface area contributed by atoms with Gasteiger partial charge in [0.2, 0.25) is 5.91 Å². The summed E-state index contributed by atoms with van der Waals surface area (Å²) in [6, 6.07) is 0. The summed E-state index contributed by atoms with van der Waals surface area (Å²) < 4.78 is 0. The average molecular weight is 197 g/mol. The van der Waals surface area contributed by atoms with Gasteiger partial charge in [-0.2, -0.15) is 0 Å². The normalized spacial score (nSPS) is 32.6. The number of fused-ring (bicyclic) bond motifs is 2. The van der Waals surface area contributed by atoms with Crippen LogP contribution in [-0.2, 0) is 4.79 Å². The molecule has 0 aromatic rings. The van der Waals surface area contributed by atoms with Gasteiger partial charge in [0.15, 0.2) is 0 Å². The zero-order valence-electron chi connectivity index (χ0n) is 8.54. The number of hydrogen-bond donors (Lipinski definition) is 2. The molecule has 2 fully saturated rings. The van der Waals surface area contributed by atoms with Gasteiger partial charge in [-0.3, -0.25) is 15.1 Å². The Hall–Kier alpha value is -0.610. The van der Waals surface area contributed by atoms with E-state index in [1.54, 1.807) is 0 Å². The van der Waals surface area contributed by atoms with Gasteiger partial charge in [0, 0.05) is 13.1 Å². The first-order chi connectivity index (χ1) is 6.78. The Morgan fingerprint density at radius 1 is 1.36 bits per heavy atom. The van der Waals surface area contributed by atoms with E-state index in [9.17, 15) is 4.79 Å². The maximum absolute atomic E-state index is 11.1. The quantitative estimate of drug-likeness (QED) is 0.375. The maximum atomic E-state index is 11.1. The van der Waals surface area contributed by atoms with E-state index in [2.05, 4.69) is 10.3 Å². The van der Waals surface area contributed by atoms with Crippen LogP contribution < -0.4 is 11.3 Å². The number of carbonyl (C=O) groups is 1. The van der Waals surface area contributed by atoms with Crippen molar-refractivity contribution in [3.8, 4) is 0 Å². The second kappa shape index (κ2) is 4.28. The van der Waals surface area contributed by atoms with Crippen molar-refractivity contribution in [3.05, 3.63) is 0 Å². The summed E-state index contributed by atoms with van der Waals surface area (Å²) in [5.41, 5.74) is 2.20. The molecule has 1 saturated heterocycles. The number of carbonyl (C=O) groups excluding carboxylic acids is 1. The first-order valence-electron chi connectivity index (χ1n) is 5.49. The van der Waals surface area contributed by atoms with Crippen LogP contribution in [0.5, 0.6) is 0 Å². The van der Waals surface area contributed by atoms with Crippen molar-refractivity contribution in [1.82, 2.24) is 10.3 Å². The van der Waals surface area contributed by atoms with Gasteiger partial charge in [-0.05, 0) is 31.1 Å². The van der Waals surface area contributed by atoms with E-state index in [1.165, 1.54) is 25.7 Å². The first kappa shape index (κ1) is 9.93. The van der Waals surface area contributed by atoms with Gasteiger partial charge in [0.1, 0.15) is 0 Å². The highest BCUT2D eigenvalue weighted by atomic mass is 16.2. The van der Waals surface area contributed by atoms with Crippen LogP contribution in [0.15, 0.2) is 0 Å². The third kappa shape index (κ3) is 2.25. The van der Waals surface area contributed by atoms with Gasteiger partial charge in [-0.1, -0.05) is 6.42 Å². The lowest BCUT2D eigenvalue weighted by atomic mass is 9.78. The Kier molecular flexibility index (Phi) is 3.03. The molecule has 1 aliphatic carbocycles. The molecule has 2 unspecified atom stereocenters. The molecule has 0 radical (unpaired) electrons. The Morgan fingerprint density at radius 3 is 2.57 bits per heavy atom. The minimum atomic E-state index is -0.0648. The second-order valence-electron chi connectivity index (χ2n) is 4.66. The highest BCUT2D eigenvalue weighted by Crippen LogP contribution is 2.33. The maximum Gasteiger partial charge on any atom is 0.248 e. The standard InChI is InChI=1S/C10H19N3O/c11-12-10(14)7-13-5-8-2-1-3-9(4-8)6-13/h8-9H,1-7,11H2,(H,12,14). The number of nitrogens with one attached hydrogen (secondary N) is 1. The predicted octanol–water partition coefficient (Wildman–Crippen LogP) is 0.0983. The fourth-order valence-corrected chi connectivity index (χ4v) is 2.92. The number of nitrogens with zero attached hydrogens (tertiary/aromatic N) is 1. The molecule has 4 nitrogen and oxygen atoms in total. The molecule has 2 rings (SSSR count). The highest BCUT2D eigenvalue weighted by Gasteiger charge is 2.30. The van der Waals surface area contributed by atoms with Crippen LogP contribution in [0.1, 0.15) is 25.7 Å². The molecule has 1 saturated carbocycles. The minimum absolute atomic E-state index is 0.0648. The van der Waals surface area contributed by atoms with Crippen molar-refractivity contribution in [2.24, 2.45) is 17.7 Å². The van der Waals surface area contributed by atoms with Gasteiger partial charge >= 0.3 is 0 Å². The number of hydrazine groups is 1. The number of likely N-dealkylation sites (tertiary alicyclic amines) is 1. The zero-order chi connectivity index (χ0) is 9.97. The van der Waals surface area contributed by atoms with Crippen molar-refractivity contribution >= 4 is 5.91 Å². The SMILES string of the molecule is NNC(=O)CN1CC2CCCC(C2)C1. The van der Waals surface area contributed by atoms with E-state index in [0.29, 0.717) is 6.54 Å². The summed E-state index contributed by atoms with van der Waals surface area (Å²) in [6.07, 6.45) is 5.45. The summed E-state index contributed by atoms with van der Waals surface area (Å²) in [4.78, 5) is 13.4. The van der Waals surface area contributed by atoms with E-state index in [1.807, 2.05) is 0 Å². The van der Waals surface area contributed by atoms with Crippen molar-refractivity contribution in [3.63, 3.8) is 0 Å². The molecule has 0 spiro atoms. The smallest absolute Gasteiger partial charge is 0.248 e. The summed E-state index contributed by atoms with van der Waals surface area (Å²) in [6.45, 7) is 2.65. The van der Waals surface area contributed by atoms with E-state index in [4.69, 9.17) is 5.84 Å². The molecule has 80 valence electrons. The third-order valence-electron chi connectivity index (χ3n) is 3.45. The highest BCUT2D eigenvalue weighted by molar-refractivity contribution is 5.77. The molecule has 2 bridgehead atoms. The van der Waals surface area contributed by atoms with Gasteiger partial charge < -0.3 is 0 Å². The number of piperidine rings is 1. The lowest BCUT2D eigenvalue weighted by Crippen LogP contribution is -2.48. The van der Waals surface area contributed by atoms with Crippen molar-refractivity contribution in [2.45, 2.75) is 25.7 Å². The van der Waals surface area contributed by atoms with Gasteiger partial charge in [0.05, 0.1) is 6.54 Å². The van der Waals surface area contributed by atoms with Crippen molar-refractivity contribution in [1.29, 1.82) is 0 Å². The monoisotopic (exact) mass is 197 g/mol. The number of rotatable bonds is 2. The van der Waals surface area contributed by atoms with Crippen molar-refractivity contribution in [2.75, 3.05) is 19.6 Å². The Morgan fingerprint density at radius 2 is 2.00 bits per heavy atom. The third-order valence-corrected chi connectivity index (χ3v) is 3.45.